The van der Waals surface area contributed by atoms with Crippen LogP contribution in [0.3, 0.4) is 0 Å². The molecule has 1 fully saturated rings. The van der Waals surface area contributed by atoms with Gasteiger partial charge in [-0.2, -0.15) is 0 Å². The van der Waals surface area contributed by atoms with Crippen LogP contribution in [0.4, 0.5) is 0 Å². The molecule has 1 N–H and O–H groups in total. The van der Waals surface area contributed by atoms with E-state index in [2.05, 4.69) is 20.4 Å². The van der Waals surface area contributed by atoms with Crippen LogP contribution in [-0.4, -0.2) is 40.8 Å². The highest BCUT2D eigenvalue weighted by Gasteiger charge is 2.26. The highest BCUT2D eigenvalue weighted by Crippen LogP contribution is 2.26. The summed E-state index contributed by atoms with van der Waals surface area (Å²) in [5.74, 6) is 1.57. The van der Waals surface area contributed by atoms with E-state index in [-0.39, 0.29) is 11.8 Å². The first-order valence-electron chi connectivity index (χ1n) is 9.13. The van der Waals surface area contributed by atoms with Crippen molar-refractivity contribution in [3.05, 3.63) is 29.5 Å². The minimum atomic E-state index is 0.0879. The standard InChI is InChI=1S/C19H26N4O3/c1-12-10-18(26-23-12)16-11-21-13(2)22-17(16)8-9-20-19(24)14-4-6-15(25-3)7-5-14/h10-11,14-15H,4-9H2,1-3H3,(H,20,24). The molecule has 2 heterocycles. The number of aryl methyl sites for hydroxylation is 2. The average molecular weight is 358 g/mol. The van der Waals surface area contributed by atoms with E-state index < -0.39 is 0 Å². The highest BCUT2D eigenvalue weighted by atomic mass is 16.5. The minimum absolute atomic E-state index is 0.0879. The SMILES string of the molecule is COC1CCC(C(=O)NCCc2nc(C)ncc2-c2cc(C)no2)CC1. The van der Waals surface area contributed by atoms with Crippen LogP contribution >= 0.6 is 0 Å². The quantitative estimate of drug-likeness (QED) is 0.854. The summed E-state index contributed by atoms with van der Waals surface area (Å²) >= 11 is 0. The molecule has 0 aromatic carbocycles. The lowest BCUT2D eigenvalue weighted by Gasteiger charge is -2.26. The molecule has 1 saturated carbocycles. The third-order valence-corrected chi connectivity index (χ3v) is 4.92. The molecule has 1 aliphatic rings. The van der Waals surface area contributed by atoms with Crippen LogP contribution in [0.5, 0.6) is 0 Å². The van der Waals surface area contributed by atoms with E-state index in [0.29, 0.717) is 30.7 Å². The van der Waals surface area contributed by atoms with Crippen molar-refractivity contribution in [3.63, 3.8) is 0 Å². The molecule has 0 aliphatic heterocycles. The second-order valence-electron chi connectivity index (χ2n) is 6.86. The normalized spacial score (nSPS) is 20.1. The van der Waals surface area contributed by atoms with Gasteiger partial charge < -0.3 is 14.6 Å². The number of methoxy groups -OCH3 is 1. The van der Waals surface area contributed by atoms with Gasteiger partial charge in [-0.1, -0.05) is 5.16 Å². The Morgan fingerprint density at radius 1 is 1.31 bits per heavy atom. The Morgan fingerprint density at radius 3 is 2.73 bits per heavy atom. The van der Waals surface area contributed by atoms with Gasteiger partial charge in [0.25, 0.3) is 0 Å². The first-order chi connectivity index (χ1) is 12.6. The highest BCUT2D eigenvalue weighted by molar-refractivity contribution is 5.78. The molecule has 0 atom stereocenters. The van der Waals surface area contributed by atoms with Crippen molar-refractivity contribution in [2.75, 3.05) is 13.7 Å². The Balaban J connectivity index is 1.58. The molecule has 0 saturated heterocycles. The molecule has 0 bridgehead atoms. The lowest BCUT2D eigenvalue weighted by atomic mass is 9.87. The summed E-state index contributed by atoms with van der Waals surface area (Å²) in [7, 11) is 1.74. The molecule has 7 heteroatoms. The van der Waals surface area contributed by atoms with Crippen LogP contribution in [-0.2, 0) is 16.0 Å². The minimum Gasteiger partial charge on any atom is -0.381 e. The van der Waals surface area contributed by atoms with E-state index >= 15 is 0 Å². The number of hydrogen-bond acceptors (Lipinski definition) is 6. The van der Waals surface area contributed by atoms with E-state index in [4.69, 9.17) is 9.26 Å². The van der Waals surface area contributed by atoms with Crippen LogP contribution in [0.1, 0.15) is 42.9 Å². The van der Waals surface area contributed by atoms with Gasteiger partial charge in [-0.15, -0.1) is 0 Å². The predicted molar refractivity (Wildman–Crippen MR) is 96.5 cm³/mol. The van der Waals surface area contributed by atoms with Crippen molar-refractivity contribution in [2.45, 2.75) is 52.1 Å². The van der Waals surface area contributed by atoms with Gasteiger partial charge in [-0.25, -0.2) is 9.97 Å². The van der Waals surface area contributed by atoms with Gasteiger partial charge in [-0.05, 0) is 39.5 Å². The van der Waals surface area contributed by atoms with Gasteiger partial charge in [0.2, 0.25) is 5.91 Å². The zero-order valence-electron chi connectivity index (χ0n) is 15.6. The monoisotopic (exact) mass is 358 g/mol. The van der Waals surface area contributed by atoms with Gasteiger partial charge in [-0.3, -0.25) is 4.79 Å². The largest absolute Gasteiger partial charge is 0.381 e. The maximum absolute atomic E-state index is 12.4. The summed E-state index contributed by atoms with van der Waals surface area (Å²) in [6.45, 7) is 4.27. The Bertz CT molecular complexity index is 751. The number of amides is 1. The second-order valence-corrected chi connectivity index (χ2v) is 6.86. The predicted octanol–water partition coefficient (Wildman–Crippen LogP) is 2.61. The zero-order chi connectivity index (χ0) is 18.5. The molecule has 26 heavy (non-hydrogen) atoms. The number of rotatable bonds is 6. The van der Waals surface area contributed by atoms with Crippen LogP contribution in [0, 0.1) is 19.8 Å². The molecule has 1 amide bonds. The van der Waals surface area contributed by atoms with Gasteiger partial charge >= 0.3 is 0 Å². The third kappa shape index (κ3) is 4.46. The summed E-state index contributed by atoms with van der Waals surface area (Å²) in [5.41, 5.74) is 2.49. The topological polar surface area (TPSA) is 90.1 Å². The fourth-order valence-corrected chi connectivity index (χ4v) is 3.41. The lowest BCUT2D eigenvalue weighted by Crippen LogP contribution is -2.35. The van der Waals surface area contributed by atoms with Crippen molar-refractivity contribution in [3.8, 4) is 11.3 Å². The Hall–Kier alpha value is -2.28. The molecule has 0 unspecified atom stereocenters. The third-order valence-electron chi connectivity index (χ3n) is 4.92. The average Bonchev–Trinajstić information content (AvgIpc) is 3.08. The summed E-state index contributed by atoms with van der Waals surface area (Å²) in [6, 6.07) is 1.87. The van der Waals surface area contributed by atoms with Gasteiger partial charge in [0, 0.05) is 38.3 Å². The summed E-state index contributed by atoms with van der Waals surface area (Å²) in [6.07, 6.45) is 6.36. The smallest absolute Gasteiger partial charge is 0.223 e. The van der Waals surface area contributed by atoms with Gasteiger partial charge in [0.15, 0.2) is 5.76 Å². The Kier molecular flexibility index (Phi) is 5.98. The van der Waals surface area contributed by atoms with Crippen molar-refractivity contribution in [1.29, 1.82) is 0 Å². The fourth-order valence-electron chi connectivity index (χ4n) is 3.41. The van der Waals surface area contributed by atoms with Crippen LogP contribution < -0.4 is 5.32 Å². The molecule has 2 aromatic rings. The summed E-state index contributed by atoms with van der Waals surface area (Å²) in [5, 5.41) is 6.98. The van der Waals surface area contributed by atoms with Crippen LogP contribution in [0.2, 0.25) is 0 Å². The van der Waals surface area contributed by atoms with E-state index in [1.165, 1.54) is 0 Å². The van der Waals surface area contributed by atoms with Gasteiger partial charge in [0.05, 0.1) is 23.1 Å². The maximum atomic E-state index is 12.4. The molecule has 0 spiro atoms. The van der Waals surface area contributed by atoms with E-state index in [1.807, 2.05) is 19.9 Å². The Morgan fingerprint density at radius 2 is 2.08 bits per heavy atom. The van der Waals surface area contributed by atoms with E-state index in [9.17, 15) is 4.79 Å². The first-order valence-corrected chi connectivity index (χ1v) is 9.13. The molecule has 1 aliphatic carbocycles. The first kappa shape index (κ1) is 18.5. The maximum Gasteiger partial charge on any atom is 0.223 e. The molecular formula is C19H26N4O3. The number of nitrogens with one attached hydrogen (secondary N) is 1. The summed E-state index contributed by atoms with van der Waals surface area (Å²) < 4.78 is 10.7. The molecule has 0 radical (unpaired) electrons. The van der Waals surface area contributed by atoms with Gasteiger partial charge in [0.1, 0.15) is 5.82 Å². The number of hydrogen-bond donors (Lipinski definition) is 1. The number of aromatic nitrogens is 3. The van der Waals surface area contributed by atoms with Crippen LogP contribution in [0.25, 0.3) is 11.3 Å². The molecular weight excluding hydrogens is 332 g/mol. The molecule has 7 nitrogen and oxygen atoms in total. The zero-order valence-corrected chi connectivity index (χ0v) is 15.6. The van der Waals surface area contributed by atoms with Crippen LogP contribution in [0.15, 0.2) is 16.8 Å². The fraction of sp³-hybridized carbons (Fsp3) is 0.579. The summed E-state index contributed by atoms with van der Waals surface area (Å²) in [4.78, 5) is 21.2. The number of nitrogens with zero attached hydrogens (tertiary/aromatic N) is 3. The van der Waals surface area contributed by atoms with Crippen molar-refractivity contribution in [1.82, 2.24) is 20.4 Å². The molecule has 3 rings (SSSR count). The molecule has 140 valence electrons. The number of ether oxygens (including phenoxy) is 1. The lowest BCUT2D eigenvalue weighted by molar-refractivity contribution is -0.126. The number of carbonyl (C=O) groups excluding carboxylic acids is 1. The Labute approximate surface area is 153 Å². The van der Waals surface area contributed by atoms with E-state index in [1.54, 1.807) is 13.3 Å². The van der Waals surface area contributed by atoms with E-state index in [0.717, 1.165) is 42.6 Å². The van der Waals surface area contributed by atoms with Crippen molar-refractivity contribution < 1.29 is 14.1 Å². The van der Waals surface area contributed by atoms with Crippen molar-refractivity contribution in [2.24, 2.45) is 5.92 Å². The number of carbonyl (C=O) groups is 1. The second kappa shape index (κ2) is 8.40. The van der Waals surface area contributed by atoms with Crippen molar-refractivity contribution >= 4 is 5.91 Å². The molecule has 2 aromatic heterocycles.